The summed E-state index contributed by atoms with van der Waals surface area (Å²) in [5, 5.41) is 8.61. The Morgan fingerprint density at radius 2 is 2.08 bits per heavy atom. The number of rotatable bonds is 5. The molecule has 2 aromatic rings. The zero-order valence-corrected chi connectivity index (χ0v) is 16.6. The minimum Gasteiger partial charge on any atom is -0.373 e. The summed E-state index contributed by atoms with van der Waals surface area (Å²) in [5.74, 6) is 0. The fraction of sp³-hybridized carbons (Fsp3) is 0.625. The van der Waals surface area contributed by atoms with Gasteiger partial charge in [0.2, 0.25) is 0 Å². The van der Waals surface area contributed by atoms with E-state index in [-0.39, 0.29) is 17.7 Å². The van der Waals surface area contributed by atoms with Gasteiger partial charge in [0, 0.05) is 38.9 Å². The van der Waals surface area contributed by atoms with E-state index in [9.17, 15) is 8.42 Å². The van der Waals surface area contributed by atoms with Gasteiger partial charge in [-0.25, -0.2) is 8.42 Å². The van der Waals surface area contributed by atoms with E-state index >= 15 is 0 Å². The molecule has 1 fully saturated rings. The summed E-state index contributed by atoms with van der Waals surface area (Å²) < 4.78 is 37.4. The molecule has 0 spiro atoms. The van der Waals surface area contributed by atoms with Crippen molar-refractivity contribution < 1.29 is 13.2 Å². The summed E-state index contributed by atoms with van der Waals surface area (Å²) >= 11 is 0. The number of aryl methyl sites for hydroxylation is 3. The molecule has 144 valence electrons. The summed E-state index contributed by atoms with van der Waals surface area (Å²) in [6.45, 7) is 3.03. The number of morpholine rings is 1. The predicted molar refractivity (Wildman–Crippen MR) is 96.1 cm³/mol. The highest BCUT2D eigenvalue weighted by Crippen LogP contribution is 2.34. The normalized spacial score (nSPS) is 22.2. The van der Waals surface area contributed by atoms with Crippen LogP contribution in [0, 0.1) is 6.92 Å². The molecule has 0 amide bonds. The van der Waals surface area contributed by atoms with E-state index in [1.54, 1.807) is 30.9 Å². The van der Waals surface area contributed by atoms with Gasteiger partial charge >= 0.3 is 0 Å². The molecule has 0 unspecified atom stereocenters. The molecule has 26 heavy (non-hydrogen) atoms. The molecular weight excluding hydrogens is 356 g/mol. The average Bonchev–Trinajstić information content (AvgIpc) is 3.12. The molecule has 1 saturated heterocycles. The monoisotopic (exact) mass is 382 g/mol. The van der Waals surface area contributed by atoms with Gasteiger partial charge < -0.3 is 9.64 Å². The Kier molecular flexibility index (Phi) is 5.20. The maximum Gasteiger partial charge on any atom is 0.260 e. The third-order valence-corrected chi connectivity index (χ3v) is 6.39. The van der Waals surface area contributed by atoms with E-state index < -0.39 is 16.1 Å². The van der Waals surface area contributed by atoms with Crippen molar-refractivity contribution in [2.45, 2.75) is 24.1 Å². The molecule has 1 aliphatic rings. The van der Waals surface area contributed by atoms with Crippen LogP contribution in [0.3, 0.4) is 0 Å². The number of likely N-dealkylation sites (N-methyl/N-ethyl adjacent to an activating group) is 1. The van der Waals surface area contributed by atoms with Gasteiger partial charge in [-0.2, -0.15) is 14.5 Å². The minimum atomic E-state index is -3.73. The van der Waals surface area contributed by atoms with Crippen molar-refractivity contribution in [3.05, 3.63) is 29.7 Å². The molecule has 2 aromatic heterocycles. The number of nitrogens with zero attached hydrogens (tertiary/aromatic N) is 6. The minimum absolute atomic E-state index is 0.189. The van der Waals surface area contributed by atoms with E-state index in [0.29, 0.717) is 18.8 Å². The van der Waals surface area contributed by atoms with Crippen LogP contribution in [-0.4, -0.2) is 77.1 Å². The molecule has 0 aromatic carbocycles. The van der Waals surface area contributed by atoms with E-state index in [1.807, 2.05) is 32.2 Å². The third kappa shape index (κ3) is 3.54. The van der Waals surface area contributed by atoms with Gasteiger partial charge in [-0.15, -0.1) is 0 Å². The molecule has 0 radical (unpaired) electrons. The second kappa shape index (κ2) is 7.10. The van der Waals surface area contributed by atoms with Crippen molar-refractivity contribution in [3.63, 3.8) is 0 Å². The molecular formula is C16H26N6O3S. The van der Waals surface area contributed by atoms with Crippen LogP contribution >= 0.6 is 0 Å². The van der Waals surface area contributed by atoms with Crippen molar-refractivity contribution in [1.82, 2.24) is 28.8 Å². The Hall–Kier alpha value is -1.75. The second-order valence-corrected chi connectivity index (χ2v) is 8.76. The van der Waals surface area contributed by atoms with Gasteiger partial charge in [-0.05, 0) is 27.1 Å². The lowest BCUT2D eigenvalue weighted by Gasteiger charge is -2.40. The molecule has 9 nitrogen and oxygen atoms in total. The molecule has 3 rings (SSSR count). The molecule has 0 bridgehead atoms. The number of hydrogen-bond donors (Lipinski definition) is 0. The van der Waals surface area contributed by atoms with Gasteiger partial charge in [0.25, 0.3) is 10.0 Å². The Balaban J connectivity index is 2.06. The van der Waals surface area contributed by atoms with Gasteiger partial charge in [-0.3, -0.25) is 9.36 Å². The lowest BCUT2D eigenvalue weighted by atomic mass is 10.0. The standard InChI is InChI=1S/C16H26N6O3S/c1-12-8-15(21(5)18-12)26(23,24)22-6-7-25-14(11-19(2)3)16(22)13-9-17-20(4)10-13/h8-10,14,16H,6-7,11H2,1-5H3/t14-,16-/m0/s1. The zero-order valence-electron chi connectivity index (χ0n) is 15.8. The SMILES string of the molecule is Cc1cc(S(=O)(=O)N2CCO[C@@H](CN(C)C)[C@@H]2c2cnn(C)c2)n(C)n1. The quantitative estimate of drug-likeness (QED) is 0.732. The Morgan fingerprint density at radius 1 is 1.35 bits per heavy atom. The Bertz CT molecular complexity index is 872. The molecule has 2 atom stereocenters. The first kappa shape index (κ1) is 19.0. The summed E-state index contributed by atoms with van der Waals surface area (Å²) in [4.78, 5) is 2.00. The lowest BCUT2D eigenvalue weighted by molar-refractivity contribution is -0.0516. The van der Waals surface area contributed by atoms with E-state index in [0.717, 1.165) is 5.56 Å². The highest BCUT2D eigenvalue weighted by molar-refractivity contribution is 7.89. The zero-order chi connectivity index (χ0) is 19.1. The first-order chi connectivity index (χ1) is 12.2. The fourth-order valence-corrected chi connectivity index (χ4v) is 5.22. The molecule has 3 heterocycles. The van der Waals surface area contributed by atoms with Crippen LogP contribution in [0.15, 0.2) is 23.5 Å². The molecule has 10 heteroatoms. The topological polar surface area (TPSA) is 85.5 Å². The molecule has 0 N–H and O–H groups in total. The van der Waals surface area contributed by atoms with Crippen molar-refractivity contribution in [3.8, 4) is 0 Å². The predicted octanol–water partition coefficient (Wildman–Crippen LogP) is 0.154. The molecule has 0 aliphatic carbocycles. The summed E-state index contributed by atoms with van der Waals surface area (Å²) in [6, 6.07) is 1.16. The largest absolute Gasteiger partial charge is 0.373 e. The first-order valence-corrected chi connectivity index (χ1v) is 9.91. The number of hydrogen-bond acceptors (Lipinski definition) is 6. The average molecular weight is 382 g/mol. The number of ether oxygens (including phenoxy) is 1. The van der Waals surface area contributed by atoms with Crippen LogP contribution in [0.5, 0.6) is 0 Å². The van der Waals surface area contributed by atoms with E-state index in [4.69, 9.17) is 4.74 Å². The van der Waals surface area contributed by atoms with E-state index in [2.05, 4.69) is 10.2 Å². The third-order valence-electron chi connectivity index (χ3n) is 4.45. The smallest absolute Gasteiger partial charge is 0.260 e. The highest BCUT2D eigenvalue weighted by atomic mass is 32.2. The first-order valence-electron chi connectivity index (χ1n) is 8.47. The van der Waals surface area contributed by atoms with Gasteiger partial charge in [0.05, 0.1) is 30.6 Å². The Morgan fingerprint density at radius 3 is 2.62 bits per heavy atom. The van der Waals surface area contributed by atoms with Gasteiger partial charge in [-0.1, -0.05) is 0 Å². The maximum atomic E-state index is 13.4. The van der Waals surface area contributed by atoms with E-state index in [1.165, 1.54) is 8.99 Å². The van der Waals surface area contributed by atoms with Crippen LogP contribution in [0.2, 0.25) is 0 Å². The van der Waals surface area contributed by atoms with Crippen molar-refractivity contribution in [1.29, 1.82) is 0 Å². The van der Waals surface area contributed by atoms with Crippen molar-refractivity contribution >= 4 is 10.0 Å². The molecule has 0 saturated carbocycles. The summed E-state index contributed by atoms with van der Waals surface area (Å²) in [6.07, 6.45) is 3.27. The van der Waals surface area contributed by atoms with Gasteiger partial charge in [0.1, 0.15) is 0 Å². The second-order valence-electron chi connectivity index (χ2n) is 6.93. The van der Waals surface area contributed by atoms with Gasteiger partial charge in [0.15, 0.2) is 5.03 Å². The summed E-state index contributed by atoms with van der Waals surface area (Å²) in [7, 11) is 3.63. The maximum absolute atomic E-state index is 13.4. The molecule has 1 aliphatic heterocycles. The summed E-state index contributed by atoms with van der Waals surface area (Å²) in [5.41, 5.74) is 1.49. The van der Waals surface area contributed by atoms with Crippen molar-refractivity contribution in [2.24, 2.45) is 14.1 Å². The Labute approximate surface area is 154 Å². The fourth-order valence-electron chi connectivity index (χ4n) is 3.41. The van der Waals surface area contributed by atoms with Crippen LogP contribution in [0.4, 0.5) is 0 Å². The van der Waals surface area contributed by atoms with Crippen LogP contribution in [-0.2, 0) is 28.9 Å². The lowest BCUT2D eigenvalue weighted by Crippen LogP contribution is -2.51. The number of aromatic nitrogens is 4. The van der Waals surface area contributed by atoms with Crippen LogP contribution in [0.1, 0.15) is 17.3 Å². The van der Waals surface area contributed by atoms with Crippen LogP contribution in [0.25, 0.3) is 0 Å². The van der Waals surface area contributed by atoms with Crippen molar-refractivity contribution in [2.75, 3.05) is 33.8 Å². The number of sulfonamides is 1. The highest BCUT2D eigenvalue weighted by Gasteiger charge is 2.42. The van der Waals surface area contributed by atoms with Crippen LogP contribution < -0.4 is 0 Å².